The summed E-state index contributed by atoms with van der Waals surface area (Å²) in [6, 6.07) is 7.90. The molecule has 2 aliphatic rings. The third kappa shape index (κ3) is 4.89. The monoisotopic (exact) mass is 564 g/mol. The van der Waals surface area contributed by atoms with Crippen LogP contribution in [0, 0.1) is 0 Å². The van der Waals surface area contributed by atoms with Crippen molar-refractivity contribution in [2.75, 3.05) is 13.2 Å². The number of aliphatic hydroxyl groups is 6. The Morgan fingerprint density at radius 3 is 2.27 bits per heavy atom. The van der Waals surface area contributed by atoms with E-state index in [2.05, 4.69) is 0 Å². The smallest absolute Gasteiger partial charge is 0.197 e. The van der Waals surface area contributed by atoms with E-state index in [-0.39, 0.29) is 22.5 Å². The average molecular weight is 564 g/mol. The first-order chi connectivity index (χ1) is 19.0. The summed E-state index contributed by atoms with van der Waals surface area (Å²) < 4.78 is 22.3. The zero-order valence-electron chi connectivity index (χ0n) is 20.6. The lowest BCUT2D eigenvalue weighted by molar-refractivity contribution is -0.336. The average Bonchev–Trinajstić information content (AvgIpc) is 2.92. The number of fused-ring (bicyclic) bond motifs is 1. The van der Waals surface area contributed by atoms with E-state index in [4.69, 9.17) is 18.6 Å². The summed E-state index contributed by atoms with van der Waals surface area (Å²) in [6.45, 7) is -1.24. The van der Waals surface area contributed by atoms with Crippen molar-refractivity contribution in [3.05, 3.63) is 52.2 Å². The standard InChI is InChI=1S/C26H28O14/c27-7-16-20(33)22(35)23(36)26(39-16)40-25-19(32)13(31)8-37-24(25)18-12(30)6-15-17(21(18)34)11(29)5-14(38-15)9-1-3-10(28)4-2-9/h1-6,13,16,19-20,22-28,30-36H,7-8H2. The fourth-order valence-electron chi connectivity index (χ4n) is 4.88. The third-order valence-electron chi connectivity index (χ3n) is 7.06. The van der Waals surface area contributed by atoms with Gasteiger partial charge in [0.2, 0.25) is 0 Å². The van der Waals surface area contributed by atoms with E-state index in [1.54, 1.807) is 0 Å². The van der Waals surface area contributed by atoms with Crippen molar-refractivity contribution in [1.29, 1.82) is 0 Å². The maximum Gasteiger partial charge on any atom is 0.197 e. The molecule has 14 nitrogen and oxygen atoms in total. The number of ether oxygens (including phenoxy) is 3. The van der Waals surface area contributed by atoms with Crippen molar-refractivity contribution >= 4 is 11.0 Å². The number of phenols is 3. The lowest BCUT2D eigenvalue weighted by atomic mass is 9.91. The van der Waals surface area contributed by atoms with E-state index >= 15 is 0 Å². The van der Waals surface area contributed by atoms with Gasteiger partial charge in [0.25, 0.3) is 0 Å². The largest absolute Gasteiger partial charge is 0.508 e. The van der Waals surface area contributed by atoms with Crippen LogP contribution in [0.2, 0.25) is 0 Å². The molecular formula is C26H28O14. The van der Waals surface area contributed by atoms with Gasteiger partial charge in [0, 0.05) is 17.7 Å². The minimum Gasteiger partial charge on any atom is -0.508 e. The van der Waals surface area contributed by atoms with Crippen molar-refractivity contribution in [2.45, 2.75) is 55.1 Å². The van der Waals surface area contributed by atoms with Gasteiger partial charge in [-0.3, -0.25) is 4.79 Å². The molecular weight excluding hydrogens is 536 g/mol. The predicted molar refractivity (Wildman–Crippen MR) is 132 cm³/mol. The summed E-state index contributed by atoms with van der Waals surface area (Å²) in [5.74, 6) is -1.32. The number of hydrogen-bond donors (Lipinski definition) is 9. The van der Waals surface area contributed by atoms with E-state index in [0.717, 1.165) is 12.1 Å². The summed E-state index contributed by atoms with van der Waals surface area (Å²) >= 11 is 0. The van der Waals surface area contributed by atoms with Gasteiger partial charge in [-0.2, -0.15) is 0 Å². The molecule has 9 unspecified atom stereocenters. The zero-order chi connectivity index (χ0) is 28.9. The second-order valence-corrected chi connectivity index (χ2v) is 9.66. The predicted octanol–water partition coefficient (Wildman–Crippen LogP) is -1.45. The van der Waals surface area contributed by atoms with Gasteiger partial charge in [0.1, 0.15) is 82.8 Å². The summed E-state index contributed by atoms with van der Waals surface area (Å²) in [5, 5.41) is 92.1. The van der Waals surface area contributed by atoms with E-state index in [9.17, 15) is 50.8 Å². The Labute approximate surface area is 225 Å². The minimum absolute atomic E-state index is 0.00732. The quantitative estimate of drug-likeness (QED) is 0.172. The number of aromatic hydroxyl groups is 3. The second-order valence-electron chi connectivity index (χ2n) is 9.66. The van der Waals surface area contributed by atoms with Crippen molar-refractivity contribution in [3.8, 4) is 28.6 Å². The molecule has 0 amide bonds. The molecule has 0 saturated carbocycles. The summed E-state index contributed by atoms with van der Waals surface area (Å²) in [5.41, 5.74) is -0.874. The van der Waals surface area contributed by atoms with Crippen LogP contribution in [0.15, 0.2) is 45.6 Å². The normalized spacial score (nSPS) is 32.8. The van der Waals surface area contributed by atoms with Crippen molar-refractivity contribution < 1.29 is 64.6 Å². The summed E-state index contributed by atoms with van der Waals surface area (Å²) in [7, 11) is 0. The molecule has 216 valence electrons. The molecule has 2 aromatic carbocycles. The van der Waals surface area contributed by atoms with Crippen LogP contribution in [0.3, 0.4) is 0 Å². The Kier molecular flexibility index (Phi) is 7.71. The summed E-state index contributed by atoms with van der Waals surface area (Å²) in [6.07, 6.45) is -14.9. The Morgan fingerprint density at radius 2 is 1.60 bits per heavy atom. The van der Waals surface area contributed by atoms with Crippen LogP contribution >= 0.6 is 0 Å². The molecule has 9 N–H and O–H groups in total. The molecule has 0 radical (unpaired) electrons. The van der Waals surface area contributed by atoms with E-state index in [1.807, 2.05) is 0 Å². The van der Waals surface area contributed by atoms with Gasteiger partial charge < -0.3 is 64.6 Å². The molecule has 0 spiro atoms. The van der Waals surface area contributed by atoms with Crippen molar-refractivity contribution in [3.63, 3.8) is 0 Å². The lowest BCUT2D eigenvalue weighted by Gasteiger charge is -2.44. The first-order valence-corrected chi connectivity index (χ1v) is 12.3. The number of rotatable bonds is 5. The number of hydrogen-bond acceptors (Lipinski definition) is 14. The third-order valence-corrected chi connectivity index (χ3v) is 7.06. The van der Waals surface area contributed by atoms with Gasteiger partial charge in [-0.1, -0.05) is 0 Å². The molecule has 0 bridgehead atoms. The fourth-order valence-corrected chi connectivity index (χ4v) is 4.88. The van der Waals surface area contributed by atoms with Crippen LogP contribution in [0.5, 0.6) is 17.2 Å². The van der Waals surface area contributed by atoms with Crippen LogP contribution in [0.1, 0.15) is 11.7 Å². The SMILES string of the molecule is O=c1cc(-c2ccc(O)cc2)oc2cc(O)c(C3OCC(O)C(O)C3OC3OC(CO)C(O)C(O)C3O)c(O)c12. The molecule has 5 rings (SSSR count). The van der Waals surface area contributed by atoms with Crippen molar-refractivity contribution in [2.24, 2.45) is 0 Å². The fraction of sp³-hybridized carbons (Fsp3) is 0.423. The first kappa shape index (κ1) is 28.2. The highest BCUT2D eigenvalue weighted by molar-refractivity contribution is 5.88. The zero-order valence-corrected chi connectivity index (χ0v) is 20.6. The minimum atomic E-state index is -1.87. The summed E-state index contributed by atoms with van der Waals surface area (Å²) in [4.78, 5) is 13.1. The molecule has 3 heterocycles. The van der Waals surface area contributed by atoms with Gasteiger partial charge >= 0.3 is 0 Å². The Morgan fingerprint density at radius 1 is 0.900 bits per heavy atom. The van der Waals surface area contributed by atoms with E-state index in [1.165, 1.54) is 24.3 Å². The van der Waals surface area contributed by atoms with Crippen LogP contribution in [0.4, 0.5) is 0 Å². The first-order valence-electron chi connectivity index (χ1n) is 12.3. The van der Waals surface area contributed by atoms with Crippen LogP contribution in [-0.4, -0.2) is 108 Å². The molecule has 9 atom stereocenters. The van der Waals surface area contributed by atoms with Gasteiger partial charge in [-0.25, -0.2) is 0 Å². The highest BCUT2D eigenvalue weighted by Crippen LogP contribution is 2.45. The maximum absolute atomic E-state index is 13.1. The van der Waals surface area contributed by atoms with E-state index in [0.29, 0.717) is 5.56 Å². The van der Waals surface area contributed by atoms with Crippen LogP contribution in [0.25, 0.3) is 22.3 Å². The molecule has 1 aromatic heterocycles. The Hall–Kier alpha value is -3.31. The molecule has 14 heteroatoms. The highest BCUT2D eigenvalue weighted by Gasteiger charge is 2.49. The molecule has 2 fully saturated rings. The number of benzene rings is 2. The van der Waals surface area contributed by atoms with Crippen LogP contribution in [-0.2, 0) is 14.2 Å². The second kappa shape index (κ2) is 10.9. The number of phenolic OH excluding ortho intramolecular Hbond substituents is 3. The topological polar surface area (TPSA) is 240 Å². The highest BCUT2D eigenvalue weighted by atomic mass is 16.7. The van der Waals surface area contributed by atoms with Gasteiger partial charge in [0.15, 0.2) is 11.7 Å². The Balaban J connectivity index is 1.54. The van der Waals surface area contributed by atoms with E-state index < -0.39 is 90.8 Å². The molecule has 2 aliphatic heterocycles. The molecule has 3 aromatic rings. The Bertz CT molecular complexity index is 1420. The molecule has 40 heavy (non-hydrogen) atoms. The maximum atomic E-state index is 13.1. The van der Waals surface area contributed by atoms with Crippen LogP contribution < -0.4 is 5.43 Å². The lowest BCUT2D eigenvalue weighted by Crippen LogP contribution is -2.61. The van der Waals surface area contributed by atoms with Gasteiger partial charge in [-0.15, -0.1) is 0 Å². The molecule has 2 saturated heterocycles. The number of aliphatic hydroxyl groups excluding tert-OH is 6. The molecule has 0 aliphatic carbocycles. The van der Waals surface area contributed by atoms with Gasteiger partial charge in [-0.05, 0) is 24.3 Å². The van der Waals surface area contributed by atoms with Crippen molar-refractivity contribution in [1.82, 2.24) is 0 Å². The van der Waals surface area contributed by atoms with Gasteiger partial charge in [0.05, 0.1) is 18.8 Å².